The van der Waals surface area contributed by atoms with Gasteiger partial charge in [0.15, 0.2) is 22.3 Å². The Kier molecular flexibility index (Phi) is 5.94. The van der Waals surface area contributed by atoms with Gasteiger partial charge in [0.2, 0.25) is 5.91 Å². The standard InChI is InChI=1S/C26H24ClN3O4S/c1-26-21(24(31)28-16-9-13-18(32-2)14-10-16)22(19-5-4-6-20(33-3)23(19)34-26)29-25(35)30(26)17-11-7-15(27)8-12-17/h4-14,21-22H,1-3H3,(H,28,31)(H,29,35)/t21-,22-,26+/m1/s1. The number of ether oxygens (including phenoxy) is 3. The summed E-state index contributed by atoms with van der Waals surface area (Å²) in [6.07, 6.45) is 0. The molecule has 3 aromatic rings. The highest BCUT2D eigenvalue weighted by atomic mass is 35.5. The second-order valence-electron chi connectivity index (χ2n) is 8.47. The van der Waals surface area contributed by atoms with Gasteiger partial charge in [0.05, 0.1) is 20.3 Å². The van der Waals surface area contributed by atoms with Gasteiger partial charge < -0.3 is 24.8 Å². The van der Waals surface area contributed by atoms with Gasteiger partial charge in [-0.25, -0.2) is 0 Å². The molecule has 3 aromatic carbocycles. The van der Waals surface area contributed by atoms with E-state index < -0.39 is 17.7 Å². The predicted octanol–water partition coefficient (Wildman–Crippen LogP) is 5.16. The van der Waals surface area contributed by atoms with E-state index in [-0.39, 0.29) is 5.91 Å². The van der Waals surface area contributed by atoms with E-state index in [1.54, 1.807) is 50.6 Å². The highest BCUT2D eigenvalue weighted by Gasteiger charge is 2.59. The van der Waals surface area contributed by atoms with E-state index in [4.69, 9.17) is 38.0 Å². The highest BCUT2D eigenvalue weighted by Crippen LogP contribution is 2.52. The zero-order chi connectivity index (χ0) is 24.7. The van der Waals surface area contributed by atoms with Crippen LogP contribution < -0.4 is 29.7 Å². The zero-order valence-electron chi connectivity index (χ0n) is 19.4. The summed E-state index contributed by atoms with van der Waals surface area (Å²) in [6.45, 7) is 1.87. The van der Waals surface area contributed by atoms with Gasteiger partial charge in [-0.2, -0.15) is 0 Å². The van der Waals surface area contributed by atoms with Crippen molar-refractivity contribution in [3.8, 4) is 17.2 Å². The van der Waals surface area contributed by atoms with Crippen molar-refractivity contribution >= 4 is 46.2 Å². The summed E-state index contributed by atoms with van der Waals surface area (Å²) >= 11 is 11.9. The van der Waals surface area contributed by atoms with Crippen molar-refractivity contribution in [2.24, 2.45) is 5.92 Å². The second-order valence-corrected chi connectivity index (χ2v) is 9.29. The molecule has 9 heteroatoms. The lowest BCUT2D eigenvalue weighted by Gasteiger charge is -2.56. The summed E-state index contributed by atoms with van der Waals surface area (Å²) in [5, 5.41) is 7.46. The van der Waals surface area contributed by atoms with Crippen LogP contribution in [-0.2, 0) is 4.79 Å². The van der Waals surface area contributed by atoms with E-state index in [0.29, 0.717) is 33.1 Å². The minimum Gasteiger partial charge on any atom is -0.497 e. The summed E-state index contributed by atoms with van der Waals surface area (Å²) in [5.74, 6) is 0.967. The Morgan fingerprint density at radius 3 is 2.46 bits per heavy atom. The van der Waals surface area contributed by atoms with Gasteiger partial charge in [0.1, 0.15) is 11.7 Å². The first-order valence-corrected chi connectivity index (χ1v) is 11.8. The number of carbonyl (C=O) groups excluding carboxylic acids is 1. The zero-order valence-corrected chi connectivity index (χ0v) is 20.9. The van der Waals surface area contributed by atoms with Crippen LogP contribution in [0.1, 0.15) is 18.5 Å². The van der Waals surface area contributed by atoms with Crippen LogP contribution in [0.2, 0.25) is 5.02 Å². The van der Waals surface area contributed by atoms with Crippen LogP contribution in [0, 0.1) is 5.92 Å². The van der Waals surface area contributed by atoms with Crippen molar-refractivity contribution in [3.05, 3.63) is 77.3 Å². The molecule has 0 aromatic heterocycles. The van der Waals surface area contributed by atoms with Crippen LogP contribution in [0.5, 0.6) is 17.2 Å². The van der Waals surface area contributed by atoms with Gasteiger partial charge in [0, 0.05) is 22.0 Å². The average Bonchev–Trinajstić information content (AvgIpc) is 2.84. The molecular formula is C26H24ClN3O4S. The summed E-state index contributed by atoms with van der Waals surface area (Å²) in [4.78, 5) is 15.7. The van der Waals surface area contributed by atoms with Crippen molar-refractivity contribution < 1.29 is 19.0 Å². The Labute approximate surface area is 213 Å². The van der Waals surface area contributed by atoms with Crippen molar-refractivity contribution in [2.45, 2.75) is 18.7 Å². The van der Waals surface area contributed by atoms with E-state index >= 15 is 0 Å². The van der Waals surface area contributed by atoms with Gasteiger partial charge in [-0.15, -0.1) is 0 Å². The Morgan fingerprint density at radius 2 is 1.80 bits per heavy atom. The molecule has 5 rings (SSSR count). The van der Waals surface area contributed by atoms with E-state index in [1.807, 2.05) is 42.2 Å². The highest BCUT2D eigenvalue weighted by molar-refractivity contribution is 7.80. The number of nitrogens with one attached hydrogen (secondary N) is 2. The maximum atomic E-state index is 13.9. The van der Waals surface area contributed by atoms with Crippen LogP contribution in [0.3, 0.4) is 0 Å². The van der Waals surface area contributed by atoms with Gasteiger partial charge in [0.25, 0.3) is 0 Å². The molecule has 2 bridgehead atoms. The summed E-state index contributed by atoms with van der Waals surface area (Å²) in [5.41, 5.74) is 1.02. The fraction of sp³-hybridized carbons (Fsp3) is 0.231. The molecule has 2 N–H and O–H groups in total. The first-order valence-electron chi connectivity index (χ1n) is 11.0. The molecule has 0 unspecified atom stereocenters. The van der Waals surface area contributed by atoms with Crippen LogP contribution in [0.25, 0.3) is 0 Å². The lowest BCUT2D eigenvalue weighted by molar-refractivity contribution is -0.130. The number of methoxy groups -OCH3 is 2. The van der Waals surface area contributed by atoms with Crippen LogP contribution in [0.15, 0.2) is 66.7 Å². The van der Waals surface area contributed by atoms with Crippen molar-refractivity contribution in [2.75, 3.05) is 24.4 Å². The van der Waals surface area contributed by atoms with E-state index in [1.165, 1.54) is 0 Å². The fourth-order valence-corrected chi connectivity index (χ4v) is 5.34. The molecule has 0 radical (unpaired) electrons. The van der Waals surface area contributed by atoms with Crippen molar-refractivity contribution in [1.29, 1.82) is 0 Å². The van der Waals surface area contributed by atoms with E-state index in [0.717, 1.165) is 11.3 Å². The molecule has 180 valence electrons. The Morgan fingerprint density at radius 1 is 1.09 bits per heavy atom. The third-order valence-corrected chi connectivity index (χ3v) is 6.99. The second kappa shape index (κ2) is 8.94. The minimum atomic E-state index is -1.17. The lowest BCUT2D eigenvalue weighted by Crippen LogP contribution is -2.72. The van der Waals surface area contributed by atoms with Gasteiger partial charge in [-0.3, -0.25) is 9.69 Å². The molecule has 2 aliphatic heterocycles. The number of rotatable bonds is 5. The van der Waals surface area contributed by atoms with E-state index in [9.17, 15) is 4.79 Å². The molecule has 1 amide bonds. The molecule has 0 aliphatic carbocycles. The molecule has 35 heavy (non-hydrogen) atoms. The Balaban J connectivity index is 1.61. The number of benzene rings is 3. The number of halogens is 1. The van der Waals surface area contributed by atoms with Crippen LogP contribution >= 0.6 is 23.8 Å². The lowest BCUT2D eigenvalue weighted by atomic mass is 9.78. The number of hydrogen-bond donors (Lipinski definition) is 2. The summed E-state index contributed by atoms with van der Waals surface area (Å²) < 4.78 is 17.5. The van der Waals surface area contributed by atoms with Crippen LogP contribution in [-0.4, -0.2) is 31.0 Å². The third kappa shape index (κ3) is 3.92. The number of amides is 1. The molecule has 1 saturated heterocycles. The summed E-state index contributed by atoms with van der Waals surface area (Å²) in [6, 6.07) is 19.6. The molecular weight excluding hydrogens is 486 g/mol. The maximum absolute atomic E-state index is 13.9. The average molecular weight is 510 g/mol. The first kappa shape index (κ1) is 23.3. The number of thiocarbonyl (C=S) groups is 1. The number of para-hydroxylation sites is 1. The quantitative estimate of drug-likeness (QED) is 0.460. The molecule has 2 heterocycles. The third-order valence-electron chi connectivity index (χ3n) is 6.43. The fourth-order valence-electron chi connectivity index (χ4n) is 4.80. The topological polar surface area (TPSA) is 72.1 Å². The van der Waals surface area contributed by atoms with Crippen molar-refractivity contribution in [3.63, 3.8) is 0 Å². The molecule has 0 saturated carbocycles. The largest absolute Gasteiger partial charge is 0.497 e. The Bertz CT molecular complexity index is 1280. The normalized spacial score (nSPS) is 22.4. The molecule has 0 spiro atoms. The number of carbonyl (C=O) groups is 1. The summed E-state index contributed by atoms with van der Waals surface area (Å²) in [7, 11) is 3.19. The van der Waals surface area contributed by atoms with Crippen LogP contribution in [0.4, 0.5) is 11.4 Å². The molecule has 1 fully saturated rings. The SMILES string of the molecule is COc1ccc(NC(=O)[C@H]2[C@@H]3NC(=S)N(c4ccc(Cl)cc4)[C@@]2(C)Oc2c(OC)cccc23)cc1. The van der Waals surface area contributed by atoms with Gasteiger partial charge in [-0.1, -0.05) is 23.7 Å². The number of hydrogen-bond acceptors (Lipinski definition) is 5. The minimum absolute atomic E-state index is 0.217. The van der Waals surface area contributed by atoms with Gasteiger partial charge >= 0.3 is 0 Å². The molecule has 3 atom stereocenters. The molecule has 7 nitrogen and oxygen atoms in total. The number of nitrogens with zero attached hydrogens (tertiary/aromatic N) is 1. The van der Waals surface area contributed by atoms with E-state index in [2.05, 4.69) is 10.6 Å². The number of anilines is 2. The first-order chi connectivity index (χ1) is 16.9. The smallest absolute Gasteiger partial charge is 0.236 e. The predicted molar refractivity (Wildman–Crippen MR) is 140 cm³/mol. The monoisotopic (exact) mass is 509 g/mol. The molecule has 2 aliphatic rings. The Hall–Kier alpha value is -3.49. The van der Waals surface area contributed by atoms with Crippen molar-refractivity contribution in [1.82, 2.24) is 5.32 Å². The number of fused-ring (bicyclic) bond motifs is 4. The van der Waals surface area contributed by atoms with Gasteiger partial charge in [-0.05, 0) is 73.7 Å². The maximum Gasteiger partial charge on any atom is 0.236 e.